The quantitative estimate of drug-likeness (QED) is 0.425. The summed E-state index contributed by atoms with van der Waals surface area (Å²) < 4.78 is 12.4. The summed E-state index contributed by atoms with van der Waals surface area (Å²) in [5.41, 5.74) is 0.930. The molecule has 1 aliphatic rings. The second kappa shape index (κ2) is 8.71. The van der Waals surface area contributed by atoms with Crippen molar-refractivity contribution in [3.63, 3.8) is 0 Å². The average Bonchev–Trinajstić information content (AvgIpc) is 3.29. The average molecular weight is 470 g/mol. The normalized spacial score (nSPS) is 15.3. The molecule has 0 N–H and O–H groups in total. The minimum absolute atomic E-state index is 0.194. The van der Waals surface area contributed by atoms with Crippen LogP contribution in [0.2, 0.25) is 0 Å². The highest BCUT2D eigenvalue weighted by Crippen LogP contribution is 2.33. The predicted octanol–water partition coefficient (Wildman–Crippen LogP) is 5.82. The predicted molar refractivity (Wildman–Crippen MR) is 116 cm³/mol. The third-order valence-corrected chi connectivity index (χ3v) is 5.67. The molecule has 0 radical (unpaired) electrons. The van der Waals surface area contributed by atoms with Crippen molar-refractivity contribution in [1.29, 1.82) is 0 Å². The Morgan fingerprint density at radius 3 is 2.52 bits per heavy atom. The standard InChI is InChI=1S/C22H16BrNO4S/c23-16-8-6-15(7-9-16)19-11-10-18(28-19)14-20-21(25)24(22(26)29-20)12-13-27-17-4-2-1-3-5-17/h1-11,14H,12-13H2/b20-14-. The number of thioether (sulfide) groups is 1. The number of rotatable bonds is 6. The van der Waals surface area contributed by atoms with Gasteiger partial charge in [-0.3, -0.25) is 14.5 Å². The maximum absolute atomic E-state index is 12.6. The lowest BCUT2D eigenvalue weighted by Gasteiger charge is -2.13. The minimum atomic E-state index is -0.335. The molecule has 0 atom stereocenters. The van der Waals surface area contributed by atoms with E-state index in [-0.39, 0.29) is 24.3 Å². The van der Waals surface area contributed by atoms with Gasteiger partial charge in [-0.05, 0) is 48.2 Å². The van der Waals surface area contributed by atoms with Crippen LogP contribution in [0.4, 0.5) is 4.79 Å². The van der Waals surface area contributed by atoms with Gasteiger partial charge in [0, 0.05) is 16.1 Å². The van der Waals surface area contributed by atoms with Crippen LogP contribution in [0, 0.1) is 0 Å². The molecule has 0 bridgehead atoms. The van der Waals surface area contributed by atoms with Crippen molar-refractivity contribution >= 4 is 44.9 Å². The van der Waals surface area contributed by atoms with Gasteiger partial charge >= 0.3 is 0 Å². The Bertz CT molecular complexity index is 1060. The Morgan fingerprint density at radius 1 is 1.00 bits per heavy atom. The highest BCUT2D eigenvalue weighted by Gasteiger charge is 2.35. The summed E-state index contributed by atoms with van der Waals surface area (Å²) in [6.07, 6.45) is 1.60. The van der Waals surface area contributed by atoms with Gasteiger partial charge in [-0.1, -0.05) is 46.3 Å². The first-order chi connectivity index (χ1) is 14.1. The summed E-state index contributed by atoms with van der Waals surface area (Å²) in [6, 6.07) is 20.6. The van der Waals surface area contributed by atoms with E-state index in [1.165, 1.54) is 4.90 Å². The lowest BCUT2D eigenvalue weighted by atomic mass is 10.2. The van der Waals surface area contributed by atoms with Crippen LogP contribution in [-0.2, 0) is 4.79 Å². The molecule has 2 aromatic carbocycles. The first kappa shape index (κ1) is 19.5. The zero-order valence-corrected chi connectivity index (χ0v) is 17.6. The van der Waals surface area contributed by atoms with Crippen molar-refractivity contribution in [3.8, 4) is 17.1 Å². The fourth-order valence-electron chi connectivity index (χ4n) is 2.79. The highest BCUT2D eigenvalue weighted by molar-refractivity contribution is 9.10. The van der Waals surface area contributed by atoms with Crippen LogP contribution in [0.15, 0.2) is 80.5 Å². The number of halogens is 1. The SMILES string of the molecule is O=C1S/C(=C\c2ccc(-c3ccc(Br)cc3)o2)C(=O)N1CCOc1ccccc1. The number of amides is 2. The summed E-state index contributed by atoms with van der Waals surface area (Å²) >= 11 is 4.31. The van der Waals surface area contributed by atoms with Gasteiger partial charge in [0.2, 0.25) is 0 Å². The largest absolute Gasteiger partial charge is 0.492 e. The summed E-state index contributed by atoms with van der Waals surface area (Å²) in [5, 5.41) is -0.308. The molecule has 4 rings (SSSR count). The fraction of sp³-hybridized carbons (Fsp3) is 0.0909. The topological polar surface area (TPSA) is 59.8 Å². The fourth-order valence-corrected chi connectivity index (χ4v) is 3.90. The molecule has 1 fully saturated rings. The number of hydrogen-bond acceptors (Lipinski definition) is 5. The lowest BCUT2D eigenvalue weighted by molar-refractivity contribution is -0.123. The van der Waals surface area contributed by atoms with Crippen molar-refractivity contribution < 1.29 is 18.7 Å². The molecule has 2 amide bonds. The maximum Gasteiger partial charge on any atom is 0.293 e. The summed E-state index contributed by atoms with van der Waals surface area (Å²) in [6.45, 7) is 0.434. The molecule has 2 heterocycles. The highest BCUT2D eigenvalue weighted by atomic mass is 79.9. The van der Waals surface area contributed by atoms with E-state index in [1.807, 2.05) is 60.7 Å². The van der Waals surface area contributed by atoms with Crippen LogP contribution in [0.25, 0.3) is 17.4 Å². The third-order valence-electron chi connectivity index (χ3n) is 4.23. The number of carbonyl (C=O) groups is 2. The molecule has 146 valence electrons. The van der Waals surface area contributed by atoms with Gasteiger partial charge in [0.25, 0.3) is 11.1 Å². The van der Waals surface area contributed by atoms with Crippen LogP contribution in [0.5, 0.6) is 5.75 Å². The second-order valence-electron chi connectivity index (χ2n) is 6.20. The molecule has 0 spiro atoms. The Hall–Kier alpha value is -2.77. The number of para-hydroxylation sites is 1. The summed E-state index contributed by atoms with van der Waals surface area (Å²) in [7, 11) is 0. The summed E-state index contributed by atoms with van der Waals surface area (Å²) in [5.74, 6) is 1.58. The molecule has 0 aliphatic carbocycles. The van der Waals surface area contributed by atoms with E-state index in [2.05, 4.69) is 15.9 Å². The Morgan fingerprint density at radius 2 is 1.76 bits per heavy atom. The van der Waals surface area contributed by atoms with Gasteiger partial charge in [-0.25, -0.2) is 0 Å². The minimum Gasteiger partial charge on any atom is -0.492 e. The van der Waals surface area contributed by atoms with Crippen molar-refractivity contribution in [2.75, 3.05) is 13.2 Å². The molecule has 29 heavy (non-hydrogen) atoms. The first-order valence-electron chi connectivity index (χ1n) is 8.89. The number of carbonyl (C=O) groups excluding carboxylic acids is 2. The molecule has 7 heteroatoms. The third kappa shape index (κ3) is 4.63. The van der Waals surface area contributed by atoms with E-state index >= 15 is 0 Å². The monoisotopic (exact) mass is 469 g/mol. The zero-order chi connectivity index (χ0) is 20.2. The van der Waals surface area contributed by atoms with Gasteiger partial charge in [0.15, 0.2) is 0 Å². The first-order valence-corrected chi connectivity index (χ1v) is 10.5. The molecule has 1 saturated heterocycles. The van der Waals surface area contributed by atoms with E-state index in [4.69, 9.17) is 9.15 Å². The Labute approximate surface area is 180 Å². The van der Waals surface area contributed by atoms with E-state index in [0.717, 1.165) is 21.8 Å². The molecule has 5 nitrogen and oxygen atoms in total. The molecule has 3 aromatic rings. The van der Waals surface area contributed by atoms with Crippen molar-refractivity contribution in [1.82, 2.24) is 4.90 Å². The van der Waals surface area contributed by atoms with Gasteiger partial charge in [0.05, 0.1) is 11.4 Å². The van der Waals surface area contributed by atoms with Gasteiger partial charge in [-0.15, -0.1) is 0 Å². The molecule has 0 unspecified atom stereocenters. The smallest absolute Gasteiger partial charge is 0.293 e. The molecule has 0 saturated carbocycles. The van der Waals surface area contributed by atoms with E-state index in [1.54, 1.807) is 12.1 Å². The molecule has 1 aromatic heterocycles. The van der Waals surface area contributed by atoms with Crippen LogP contribution < -0.4 is 4.74 Å². The number of ether oxygens (including phenoxy) is 1. The van der Waals surface area contributed by atoms with Crippen LogP contribution in [-0.4, -0.2) is 29.2 Å². The summed E-state index contributed by atoms with van der Waals surface area (Å²) in [4.78, 5) is 26.3. The van der Waals surface area contributed by atoms with E-state index in [0.29, 0.717) is 22.2 Å². The number of benzene rings is 2. The van der Waals surface area contributed by atoms with Crippen LogP contribution in [0.3, 0.4) is 0 Å². The number of furan rings is 1. The van der Waals surface area contributed by atoms with Crippen molar-refractivity contribution in [3.05, 3.63) is 81.9 Å². The van der Waals surface area contributed by atoms with E-state index < -0.39 is 0 Å². The molecular formula is C22H16BrNO4S. The maximum atomic E-state index is 12.6. The number of nitrogens with zero attached hydrogens (tertiary/aromatic N) is 1. The van der Waals surface area contributed by atoms with Gasteiger partial charge < -0.3 is 9.15 Å². The van der Waals surface area contributed by atoms with Crippen molar-refractivity contribution in [2.24, 2.45) is 0 Å². The Balaban J connectivity index is 1.41. The Kier molecular flexibility index (Phi) is 5.87. The van der Waals surface area contributed by atoms with Crippen LogP contribution in [0.1, 0.15) is 5.76 Å². The zero-order valence-electron chi connectivity index (χ0n) is 15.2. The number of imide groups is 1. The lowest BCUT2D eigenvalue weighted by Crippen LogP contribution is -2.32. The van der Waals surface area contributed by atoms with Crippen LogP contribution >= 0.6 is 27.7 Å². The van der Waals surface area contributed by atoms with Crippen molar-refractivity contribution in [2.45, 2.75) is 0 Å². The van der Waals surface area contributed by atoms with Gasteiger partial charge in [0.1, 0.15) is 23.9 Å². The van der Waals surface area contributed by atoms with E-state index in [9.17, 15) is 9.59 Å². The molecular weight excluding hydrogens is 454 g/mol. The number of hydrogen-bond donors (Lipinski definition) is 0. The second-order valence-corrected chi connectivity index (χ2v) is 8.11. The molecule has 1 aliphatic heterocycles. The van der Waals surface area contributed by atoms with Gasteiger partial charge in [-0.2, -0.15) is 0 Å².